The molecule has 0 N–H and O–H groups in total. The van der Waals surface area contributed by atoms with E-state index >= 15 is 0 Å². The molecule has 5 heteroatoms. The van der Waals surface area contributed by atoms with Gasteiger partial charge in [-0.2, -0.15) is 5.26 Å². The molecule has 0 aliphatic rings. The quantitative estimate of drug-likeness (QED) is 0.179. The molecule has 0 saturated carbocycles. The van der Waals surface area contributed by atoms with Gasteiger partial charge in [0.2, 0.25) is 0 Å². The molecule has 5 nitrogen and oxygen atoms in total. The van der Waals surface area contributed by atoms with Gasteiger partial charge in [-0.25, -0.2) is 15.0 Å². The van der Waals surface area contributed by atoms with Crippen molar-refractivity contribution in [1.29, 1.82) is 5.26 Å². The zero-order valence-electron chi connectivity index (χ0n) is 27.4. The Balaban J connectivity index is 1.41. The van der Waals surface area contributed by atoms with Gasteiger partial charge in [-0.1, -0.05) is 133 Å². The van der Waals surface area contributed by atoms with Crippen LogP contribution in [0.4, 0.5) is 0 Å². The highest BCUT2D eigenvalue weighted by molar-refractivity contribution is 6.19. The first-order valence-electron chi connectivity index (χ1n) is 16.8. The van der Waals surface area contributed by atoms with Crippen LogP contribution in [0.2, 0.25) is 0 Å². The Morgan fingerprint density at radius 1 is 0.392 bits per heavy atom. The van der Waals surface area contributed by atoms with Crippen molar-refractivity contribution in [3.8, 4) is 73.6 Å². The Morgan fingerprint density at radius 3 is 1.53 bits per heavy atom. The van der Waals surface area contributed by atoms with Crippen molar-refractivity contribution in [3.05, 3.63) is 175 Å². The lowest BCUT2D eigenvalue weighted by Gasteiger charge is -2.11. The molecule has 0 bridgehead atoms. The van der Waals surface area contributed by atoms with E-state index in [0.29, 0.717) is 28.6 Å². The Labute approximate surface area is 294 Å². The number of furan rings is 1. The second-order valence-electron chi connectivity index (χ2n) is 12.3. The smallest absolute Gasteiger partial charge is 0.164 e. The molecule has 2 heterocycles. The highest BCUT2D eigenvalue weighted by Gasteiger charge is 2.23. The number of hydrogen-bond donors (Lipinski definition) is 0. The van der Waals surface area contributed by atoms with Gasteiger partial charge in [-0.15, -0.1) is 0 Å². The van der Waals surface area contributed by atoms with E-state index < -0.39 is 0 Å². The van der Waals surface area contributed by atoms with Crippen LogP contribution < -0.4 is 0 Å². The Kier molecular flexibility index (Phi) is 7.46. The normalized spacial score (nSPS) is 11.1. The van der Waals surface area contributed by atoms with Crippen LogP contribution in [-0.2, 0) is 0 Å². The molecule has 0 unspecified atom stereocenters. The van der Waals surface area contributed by atoms with Crippen molar-refractivity contribution in [2.24, 2.45) is 0 Å². The van der Waals surface area contributed by atoms with Gasteiger partial charge < -0.3 is 4.42 Å². The van der Waals surface area contributed by atoms with E-state index in [2.05, 4.69) is 60.7 Å². The summed E-state index contributed by atoms with van der Waals surface area (Å²) in [6.45, 7) is 0. The van der Waals surface area contributed by atoms with Crippen LogP contribution in [0.5, 0.6) is 0 Å². The topological polar surface area (TPSA) is 75.6 Å². The van der Waals surface area contributed by atoms with Crippen LogP contribution in [-0.4, -0.2) is 15.0 Å². The van der Waals surface area contributed by atoms with Crippen LogP contribution >= 0.6 is 0 Å². The zero-order valence-corrected chi connectivity index (χ0v) is 27.4. The Bertz CT molecular complexity index is 2680. The molecule has 0 amide bonds. The minimum Gasteiger partial charge on any atom is -0.455 e. The van der Waals surface area contributed by atoms with Gasteiger partial charge in [0.15, 0.2) is 17.5 Å². The molecule has 238 valence electrons. The van der Waals surface area contributed by atoms with E-state index in [1.165, 1.54) is 0 Å². The molecule has 9 rings (SSSR count). The summed E-state index contributed by atoms with van der Waals surface area (Å²) < 4.78 is 7.03. The largest absolute Gasteiger partial charge is 0.455 e. The number of nitrogens with zero attached hydrogens (tertiary/aromatic N) is 4. The zero-order chi connectivity index (χ0) is 34.1. The first-order valence-corrected chi connectivity index (χ1v) is 16.8. The van der Waals surface area contributed by atoms with Crippen molar-refractivity contribution in [2.75, 3.05) is 0 Å². The summed E-state index contributed by atoms with van der Waals surface area (Å²) in [6.07, 6.45) is 0. The van der Waals surface area contributed by atoms with Crippen molar-refractivity contribution in [1.82, 2.24) is 15.0 Å². The summed E-state index contributed by atoms with van der Waals surface area (Å²) in [5, 5.41) is 11.6. The summed E-state index contributed by atoms with van der Waals surface area (Å²) in [6, 6.07) is 59.2. The summed E-state index contributed by atoms with van der Waals surface area (Å²) in [4.78, 5) is 15.2. The molecule has 2 aromatic heterocycles. The SMILES string of the molecule is N#Cc1cccc(-c2ccc(-c3nc(-c4ccccc4)nc(-c4ccccc4)n3)c3c2oc2c(-c4ccccc4)cc(-c4ccccc4)cc23)c1. The molecular weight excluding hydrogens is 625 g/mol. The van der Waals surface area contributed by atoms with Crippen molar-refractivity contribution < 1.29 is 4.42 Å². The lowest BCUT2D eigenvalue weighted by molar-refractivity contribution is 0.671. The number of nitriles is 1. The lowest BCUT2D eigenvalue weighted by atomic mass is 9.93. The lowest BCUT2D eigenvalue weighted by Crippen LogP contribution is -2.00. The monoisotopic (exact) mass is 652 g/mol. The third-order valence-electron chi connectivity index (χ3n) is 9.15. The van der Waals surface area contributed by atoms with Crippen LogP contribution in [0, 0.1) is 11.3 Å². The number of aromatic nitrogens is 3. The molecule has 0 saturated heterocycles. The van der Waals surface area contributed by atoms with Crippen LogP contribution in [0.1, 0.15) is 5.56 Å². The summed E-state index contributed by atoms with van der Waals surface area (Å²) >= 11 is 0. The molecule has 7 aromatic carbocycles. The molecule has 9 aromatic rings. The molecule has 0 spiro atoms. The van der Waals surface area contributed by atoms with Gasteiger partial charge in [0, 0.05) is 38.6 Å². The maximum atomic E-state index is 9.77. The van der Waals surface area contributed by atoms with Crippen molar-refractivity contribution in [2.45, 2.75) is 0 Å². The molecule has 51 heavy (non-hydrogen) atoms. The number of rotatable bonds is 6. The van der Waals surface area contributed by atoms with Gasteiger partial charge in [0.05, 0.1) is 11.6 Å². The fourth-order valence-corrected chi connectivity index (χ4v) is 6.71. The first kappa shape index (κ1) is 29.9. The van der Waals surface area contributed by atoms with Gasteiger partial charge in [0.1, 0.15) is 11.2 Å². The second-order valence-corrected chi connectivity index (χ2v) is 12.3. The van der Waals surface area contributed by atoms with Gasteiger partial charge in [-0.3, -0.25) is 0 Å². The first-order chi connectivity index (χ1) is 25.2. The minimum atomic E-state index is 0.541. The van der Waals surface area contributed by atoms with Crippen LogP contribution in [0.15, 0.2) is 174 Å². The van der Waals surface area contributed by atoms with E-state index in [4.69, 9.17) is 19.4 Å². The van der Waals surface area contributed by atoms with Crippen LogP contribution in [0.25, 0.3) is 89.5 Å². The fraction of sp³-hybridized carbons (Fsp3) is 0. The van der Waals surface area contributed by atoms with Gasteiger partial charge >= 0.3 is 0 Å². The highest BCUT2D eigenvalue weighted by atomic mass is 16.3. The Morgan fingerprint density at radius 2 is 0.922 bits per heavy atom. The average molecular weight is 653 g/mol. The van der Waals surface area contributed by atoms with E-state index in [1.807, 2.05) is 115 Å². The molecule has 0 radical (unpaired) electrons. The fourth-order valence-electron chi connectivity index (χ4n) is 6.71. The molecule has 0 atom stereocenters. The van der Waals surface area contributed by atoms with Gasteiger partial charge in [-0.05, 0) is 58.7 Å². The predicted molar refractivity (Wildman–Crippen MR) is 204 cm³/mol. The summed E-state index contributed by atoms with van der Waals surface area (Å²) in [5.74, 6) is 1.71. The third-order valence-corrected chi connectivity index (χ3v) is 9.15. The second kappa shape index (κ2) is 12.7. The molecular formula is C46H28N4O. The summed E-state index contributed by atoms with van der Waals surface area (Å²) in [5.41, 5.74) is 10.6. The highest BCUT2D eigenvalue weighted by Crippen LogP contribution is 2.46. The summed E-state index contributed by atoms with van der Waals surface area (Å²) in [7, 11) is 0. The minimum absolute atomic E-state index is 0.541. The van der Waals surface area contributed by atoms with E-state index in [1.54, 1.807) is 0 Å². The van der Waals surface area contributed by atoms with E-state index in [9.17, 15) is 5.26 Å². The Hall–Kier alpha value is -7.16. The molecule has 0 fully saturated rings. The number of benzene rings is 7. The van der Waals surface area contributed by atoms with Crippen molar-refractivity contribution in [3.63, 3.8) is 0 Å². The van der Waals surface area contributed by atoms with E-state index in [0.717, 1.165) is 66.4 Å². The number of fused-ring (bicyclic) bond motifs is 3. The molecule has 0 aliphatic carbocycles. The maximum Gasteiger partial charge on any atom is 0.164 e. The predicted octanol–water partition coefficient (Wildman–Crippen LogP) is 11.6. The van der Waals surface area contributed by atoms with Gasteiger partial charge in [0.25, 0.3) is 0 Å². The number of hydrogen-bond acceptors (Lipinski definition) is 5. The average Bonchev–Trinajstić information content (AvgIpc) is 3.61. The van der Waals surface area contributed by atoms with Crippen LogP contribution in [0.3, 0.4) is 0 Å². The van der Waals surface area contributed by atoms with Crippen molar-refractivity contribution >= 4 is 21.9 Å². The maximum absolute atomic E-state index is 9.77. The standard InChI is InChI=1S/C46H28N4O/c47-29-30-14-13-23-35(26-30)37-24-25-38(46-49-44(33-19-9-3-10-20-33)48-45(50-46)34-21-11-4-12-22-34)41-40-28-36(31-15-5-1-6-16-31)27-39(42(40)51-43(37)41)32-17-7-2-8-18-32/h1-28H. The third kappa shape index (κ3) is 5.51. The molecule has 0 aliphatic heterocycles. The van der Waals surface area contributed by atoms with E-state index in [-0.39, 0.29) is 0 Å².